The number of hydrazone groups is 1. The molecular formula is C14H25N3. The Morgan fingerprint density at radius 3 is 2.24 bits per heavy atom. The van der Waals surface area contributed by atoms with Crippen molar-refractivity contribution in [3.05, 3.63) is 0 Å². The van der Waals surface area contributed by atoms with Crippen molar-refractivity contribution in [3.63, 3.8) is 0 Å². The largest absolute Gasteiger partial charge is 0.329 e. The molecule has 4 saturated carbocycles. The molecule has 0 spiro atoms. The maximum absolute atomic E-state index is 5.48. The van der Waals surface area contributed by atoms with Gasteiger partial charge >= 0.3 is 0 Å². The lowest BCUT2D eigenvalue weighted by Crippen LogP contribution is -2.47. The molecule has 0 amide bonds. The van der Waals surface area contributed by atoms with Crippen molar-refractivity contribution in [2.24, 2.45) is 40.4 Å². The van der Waals surface area contributed by atoms with Crippen LogP contribution in [0.2, 0.25) is 0 Å². The summed E-state index contributed by atoms with van der Waals surface area (Å²) in [6.45, 7) is 3.68. The zero-order valence-electron chi connectivity index (χ0n) is 10.9. The van der Waals surface area contributed by atoms with E-state index in [2.05, 4.69) is 17.5 Å². The average Bonchev–Trinajstić information content (AvgIpc) is 2.27. The molecule has 0 atom stereocenters. The Morgan fingerprint density at radius 2 is 1.71 bits per heavy atom. The van der Waals surface area contributed by atoms with Crippen LogP contribution in [0.1, 0.15) is 39.0 Å². The van der Waals surface area contributed by atoms with Gasteiger partial charge in [0.05, 0.1) is 0 Å². The van der Waals surface area contributed by atoms with E-state index in [-0.39, 0.29) is 0 Å². The van der Waals surface area contributed by atoms with Gasteiger partial charge in [-0.05, 0) is 62.7 Å². The standard InChI is InChI=1S/C14H25N3/c1-9(17-16-3-2-15)14-12-5-10-4-11(7-12)8-13(14)6-10/h10-14,16H,2-8,15H2,1H3/b17-9+. The third-order valence-corrected chi connectivity index (χ3v) is 5.22. The Balaban J connectivity index is 1.69. The van der Waals surface area contributed by atoms with Crippen molar-refractivity contribution >= 4 is 5.71 Å². The van der Waals surface area contributed by atoms with E-state index in [1.807, 2.05) is 0 Å². The van der Waals surface area contributed by atoms with Gasteiger partial charge in [0.1, 0.15) is 0 Å². The van der Waals surface area contributed by atoms with Crippen LogP contribution in [0.3, 0.4) is 0 Å². The first-order valence-electron chi connectivity index (χ1n) is 7.25. The molecule has 0 unspecified atom stereocenters. The van der Waals surface area contributed by atoms with E-state index in [4.69, 9.17) is 5.73 Å². The number of nitrogens with one attached hydrogen (secondary N) is 1. The number of hydrogen-bond acceptors (Lipinski definition) is 3. The third-order valence-electron chi connectivity index (χ3n) is 5.22. The van der Waals surface area contributed by atoms with Crippen LogP contribution in [0.5, 0.6) is 0 Å². The summed E-state index contributed by atoms with van der Waals surface area (Å²) in [4.78, 5) is 0. The molecule has 0 aromatic carbocycles. The van der Waals surface area contributed by atoms with Crippen molar-refractivity contribution in [3.8, 4) is 0 Å². The monoisotopic (exact) mass is 235 g/mol. The van der Waals surface area contributed by atoms with E-state index in [1.54, 1.807) is 0 Å². The summed E-state index contributed by atoms with van der Waals surface area (Å²) in [7, 11) is 0. The Bertz CT molecular complexity index is 283. The fraction of sp³-hybridized carbons (Fsp3) is 0.929. The van der Waals surface area contributed by atoms with Crippen LogP contribution in [-0.4, -0.2) is 18.8 Å². The van der Waals surface area contributed by atoms with Gasteiger partial charge < -0.3 is 11.2 Å². The molecule has 0 saturated heterocycles. The van der Waals surface area contributed by atoms with Crippen LogP contribution in [0, 0.1) is 29.6 Å². The fourth-order valence-corrected chi connectivity index (χ4v) is 4.93. The predicted octanol–water partition coefficient (Wildman–Crippen LogP) is 1.98. The van der Waals surface area contributed by atoms with Crippen LogP contribution in [0.4, 0.5) is 0 Å². The number of rotatable bonds is 4. The summed E-state index contributed by atoms with van der Waals surface area (Å²) < 4.78 is 0. The molecule has 0 radical (unpaired) electrons. The lowest BCUT2D eigenvalue weighted by atomic mass is 9.51. The van der Waals surface area contributed by atoms with Gasteiger partial charge in [-0.1, -0.05) is 0 Å². The van der Waals surface area contributed by atoms with Crippen LogP contribution in [-0.2, 0) is 0 Å². The molecule has 4 rings (SSSR count). The molecule has 0 aromatic rings. The summed E-state index contributed by atoms with van der Waals surface area (Å²) in [6, 6.07) is 0. The van der Waals surface area contributed by atoms with Gasteiger partial charge in [0, 0.05) is 24.7 Å². The minimum atomic E-state index is 0.665. The van der Waals surface area contributed by atoms with Crippen molar-refractivity contribution in [2.75, 3.05) is 13.1 Å². The summed E-state index contributed by atoms with van der Waals surface area (Å²) in [5.74, 6) is 4.76. The highest BCUT2D eigenvalue weighted by molar-refractivity contribution is 5.85. The smallest absolute Gasteiger partial charge is 0.0452 e. The first-order chi connectivity index (χ1) is 8.28. The molecule has 4 fully saturated rings. The highest BCUT2D eigenvalue weighted by Gasteiger charge is 2.48. The summed E-state index contributed by atoms with van der Waals surface area (Å²) in [5.41, 5.74) is 9.92. The van der Waals surface area contributed by atoms with Crippen LogP contribution >= 0.6 is 0 Å². The van der Waals surface area contributed by atoms with Crippen molar-refractivity contribution < 1.29 is 0 Å². The van der Waals surface area contributed by atoms with Gasteiger partial charge in [0.15, 0.2) is 0 Å². The maximum Gasteiger partial charge on any atom is 0.0452 e. The van der Waals surface area contributed by atoms with Crippen LogP contribution in [0.15, 0.2) is 5.10 Å². The Morgan fingerprint density at radius 1 is 1.12 bits per heavy atom. The minimum absolute atomic E-state index is 0.665. The van der Waals surface area contributed by atoms with Gasteiger partial charge in [-0.25, -0.2) is 0 Å². The lowest BCUT2D eigenvalue weighted by Gasteiger charge is -2.54. The highest BCUT2D eigenvalue weighted by atomic mass is 15.3. The molecule has 0 aliphatic heterocycles. The first kappa shape index (κ1) is 11.5. The van der Waals surface area contributed by atoms with E-state index < -0.39 is 0 Å². The second kappa shape index (κ2) is 4.60. The Labute approximate surface area is 104 Å². The molecule has 17 heavy (non-hydrogen) atoms. The molecule has 4 aliphatic rings. The van der Waals surface area contributed by atoms with E-state index in [0.717, 1.165) is 36.1 Å². The molecule has 96 valence electrons. The molecule has 3 heteroatoms. The zero-order valence-corrected chi connectivity index (χ0v) is 10.9. The van der Waals surface area contributed by atoms with E-state index in [0.29, 0.717) is 6.54 Å². The lowest BCUT2D eigenvalue weighted by molar-refractivity contribution is -0.00859. The van der Waals surface area contributed by atoms with Gasteiger partial charge in [0.25, 0.3) is 0 Å². The first-order valence-corrected chi connectivity index (χ1v) is 7.25. The van der Waals surface area contributed by atoms with Crippen molar-refractivity contribution in [1.82, 2.24) is 5.43 Å². The summed E-state index contributed by atoms with van der Waals surface area (Å²) in [6.07, 6.45) is 7.42. The van der Waals surface area contributed by atoms with Gasteiger partial charge in [0.2, 0.25) is 0 Å². The molecule has 3 nitrogen and oxygen atoms in total. The fourth-order valence-electron chi connectivity index (χ4n) is 4.93. The van der Waals surface area contributed by atoms with Crippen molar-refractivity contribution in [1.29, 1.82) is 0 Å². The number of hydrogen-bond donors (Lipinski definition) is 2. The van der Waals surface area contributed by atoms with Gasteiger partial charge in [-0.15, -0.1) is 0 Å². The zero-order chi connectivity index (χ0) is 11.8. The van der Waals surface area contributed by atoms with Crippen LogP contribution < -0.4 is 11.2 Å². The SMILES string of the molecule is C/C(=N\NCCN)C1C2CC3CC(C2)CC1C3. The van der Waals surface area contributed by atoms with E-state index in [1.165, 1.54) is 37.8 Å². The molecule has 4 aliphatic carbocycles. The molecule has 4 bridgehead atoms. The second-order valence-electron chi connectivity index (χ2n) is 6.41. The Hall–Kier alpha value is -0.570. The summed E-state index contributed by atoms with van der Waals surface area (Å²) in [5, 5.41) is 4.55. The molecule has 0 heterocycles. The minimum Gasteiger partial charge on any atom is -0.329 e. The van der Waals surface area contributed by atoms with E-state index in [9.17, 15) is 0 Å². The van der Waals surface area contributed by atoms with Gasteiger partial charge in [-0.3, -0.25) is 0 Å². The van der Waals surface area contributed by atoms with Gasteiger partial charge in [-0.2, -0.15) is 5.10 Å². The number of nitrogens with zero attached hydrogens (tertiary/aromatic N) is 1. The molecular weight excluding hydrogens is 210 g/mol. The predicted molar refractivity (Wildman–Crippen MR) is 70.7 cm³/mol. The van der Waals surface area contributed by atoms with Crippen molar-refractivity contribution in [2.45, 2.75) is 39.0 Å². The molecule has 0 aromatic heterocycles. The normalized spacial score (nSPS) is 44.1. The molecule has 3 N–H and O–H groups in total. The quantitative estimate of drug-likeness (QED) is 0.445. The highest BCUT2D eigenvalue weighted by Crippen LogP contribution is 2.56. The Kier molecular flexibility index (Phi) is 3.12. The number of nitrogens with two attached hydrogens (primary N) is 1. The van der Waals surface area contributed by atoms with E-state index >= 15 is 0 Å². The van der Waals surface area contributed by atoms with Crippen LogP contribution in [0.25, 0.3) is 0 Å². The second-order valence-corrected chi connectivity index (χ2v) is 6.41. The third kappa shape index (κ3) is 2.10. The average molecular weight is 235 g/mol. The maximum atomic E-state index is 5.48. The topological polar surface area (TPSA) is 50.4 Å². The summed E-state index contributed by atoms with van der Waals surface area (Å²) >= 11 is 0.